The van der Waals surface area contributed by atoms with E-state index in [9.17, 15) is 18.0 Å². The Morgan fingerprint density at radius 2 is 1.88 bits per heavy atom. The third kappa shape index (κ3) is 4.14. The number of alkyl halides is 3. The molecule has 1 amide bonds. The van der Waals surface area contributed by atoms with E-state index in [0.29, 0.717) is 48.9 Å². The van der Waals surface area contributed by atoms with Crippen LogP contribution in [0.1, 0.15) is 16.4 Å². The lowest BCUT2D eigenvalue weighted by molar-refractivity contribution is -0.159. The predicted molar refractivity (Wildman–Crippen MR) is 113 cm³/mol. The van der Waals surface area contributed by atoms with Gasteiger partial charge in [0.25, 0.3) is 5.91 Å². The van der Waals surface area contributed by atoms with Crippen molar-refractivity contribution in [3.63, 3.8) is 0 Å². The Bertz CT molecular complexity index is 1320. The van der Waals surface area contributed by atoms with Crippen LogP contribution in [0.5, 0.6) is 5.75 Å². The molecule has 0 aliphatic carbocycles. The number of carbonyl (C=O) groups excluding carboxylic acids is 1. The highest BCUT2D eigenvalue weighted by molar-refractivity contribution is 5.96. The maximum atomic E-state index is 12.9. The molecule has 4 aromatic rings. The van der Waals surface area contributed by atoms with Crippen molar-refractivity contribution in [3.05, 3.63) is 54.2 Å². The van der Waals surface area contributed by atoms with Crippen LogP contribution in [0, 0.1) is 0 Å². The third-order valence-corrected chi connectivity index (χ3v) is 5.50. The fourth-order valence-corrected chi connectivity index (χ4v) is 3.71. The first kappa shape index (κ1) is 21.7. The number of hydrogen-bond acceptors (Lipinski definition) is 8. The number of amides is 1. The largest absolute Gasteiger partial charge is 0.497 e. The molecule has 1 aromatic carbocycles. The van der Waals surface area contributed by atoms with Gasteiger partial charge in [0.1, 0.15) is 17.2 Å². The summed E-state index contributed by atoms with van der Waals surface area (Å²) in [6, 6.07) is 10.3. The van der Waals surface area contributed by atoms with Gasteiger partial charge in [-0.3, -0.25) is 4.79 Å². The van der Waals surface area contributed by atoms with Crippen LogP contribution in [0.4, 0.5) is 19.0 Å². The lowest BCUT2D eigenvalue weighted by atomic mass is 10.2. The van der Waals surface area contributed by atoms with Crippen LogP contribution < -0.4 is 9.64 Å². The highest BCUT2D eigenvalue weighted by Crippen LogP contribution is 2.30. The minimum Gasteiger partial charge on any atom is -0.497 e. The van der Waals surface area contributed by atoms with Crippen molar-refractivity contribution in [1.82, 2.24) is 20.0 Å². The molecule has 1 aliphatic rings. The molecular formula is C22H18F3N5O4. The van der Waals surface area contributed by atoms with Crippen molar-refractivity contribution in [2.75, 3.05) is 38.2 Å². The van der Waals surface area contributed by atoms with Crippen molar-refractivity contribution in [1.29, 1.82) is 0 Å². The van der Waals surface area contributed by atoms with E-state index in [2.05, 4.69) is 19.6 Å². The quantitative estimate of drug-likeness (QED) is 0.441. The number of ether oxygens (including phenoxy) is 1. The number of fused-ring (bicyclic) bond motifs is 1. The Labute approximate surface area is 190 Å². The number of benzene rings is 1. The number of aromatic nitrogens is 3. The molecule has 1 fully saturated rings. The van der Waals surface area contributed by atoms with Gasteiger partial charge < -0.3 is 23.5 Å². The SMILES string of the molecule is COc1ccc2oc(C(=O)N3CCN(c4ccc(-c5noc(C(F)(F)F)n5)cn4)CC3)cc2c1. The van der Waals surface area contributed by atoms with E-state index >= 15 is 0 Å². The lowest BCUT2D eigenvalue weighted by Gasteiger charge is -2.35. The van der Waals surface area contributed by atoms with E-state index in [0.717, 1.165) is 5.39 Å². The minimum absolute atomic E-state index is 0.190. The first-order valence-electron chi connectivity index (χ1n) is 10.3. The van der Waals surface area contributed by atoms with Crippen LogP contribution in [0.2, 0.25) is 0 Å². The fraction of sp³-hybridized carbons (Fsp3) is 0.273. The van der Waals surface area contributed by atoms with Crippen LogP contribution in [0.25, 0.3) is 22.4 Å². The molecule has 12 heteroatoms. The van der Waals surface area contributed by atoms with Crippen LogP contribution in [0.15, 0.2) is 51.5 Å². The molecule has 5 rings (SSSR count). The van der Waals surface area contributed by atoms with Gasteiger partial charge in [-0.1, -0.05) is 5.16 Å². The van der Waals surface area contributed by atoms with Crippen LogP contribution in [0.3, 0.4) is 0 Å². The molecule has 0 saturated carbocycles. The topological polar surface area (TPSA) is 97.7 Å². The molecule has 0 bridgehead atoms. The van der Waals surface area contributed by atoms with Gasteiger partial charge in [0.2, 0.25) is 5.82 Å². The molecule has 4 heterocycles. The highest BCUT2D eigenvalue weighted by atomic mass is 19.4. The molecule has 0 N–H and O–H groups in total. The normalized spacial score (nSPS) is 14.6. The summed E-state index contributed by atoms with van der Waals surface area (Å²) in [5.41, 5.74) is 0.911. The number of piperazine rings is 1. The molecule has 3 aromatic heterocycles. The van der Waals surface area contributed by atoms with E-state index in [-0.39, 0.29) is 17.5 Å². The number of furan rings is 1. The van der Waals surface area contributed by atoms with Gasteiger partial charge in [0, 0.05) is 43.3 Å². The Hall–Kier alpha value is -4.09. The van der Waals surface area contributed by atoms with Gasteiger partial charge in [0.15, 0.2) is 5.76 Å². The molecule has 1 aliphatic heterocycles. The summed E-state index contributed by atoms with van der Waals surface area (Å²) < 4.78 is 53.1. The van der Waals surface area contributed by atoms with Crippen LogP contribution >= 0.6 is 0 Å². The summed E-state index contributed by atoms with van der Waals surface area (Å²) in [5, 5.41) is 4.15. The molecule has 0 radical (unpaired) electrons. The standard InChI is InChI=1S/C22H18F3N5O4/c1-32-15-3-4-16-14(10-15)11-17(33-16)20(31)30-8-6-29(7-9-30)18-5-2-13(12-26-18)19-27-21(34-28-19)22(23,24)25/h2-5,10-12H,6-9H2,1H3. The summed E-state index contributed by atoms with van der Waals surface area (Å²) in [7, 11) is 1.57. The lowest BCUT2D eigenvalue weighted by Crippen LogP contribution is -2.49. The molecule has 0 spiro atoms. The Morgan fingerprint density at radius 3 is 2.53 bits per heavy atom. The Balaban J connectivity index is 1.23. The smallest absolute Gasteiger partial charge is 0.471 e. The van der Waals surface area contributed by atoms with Crippen molar-refractivity contribution in [3.8, 4) is 17.1 Å². The second-order valence-electron chi connectivity index (χ2n) is 7.62. The predicted octanol–water partition coefficient (Wildman–Crippen LogP) is 3.87. The third-order valence-electron chi connectivity index (χ3n) is 5.50. The first-order chi connectivity index (χ1) is 16.3. The summed E-state index contributed by atoms with van der Waals surface area (Å²) in [5.74, 6) is -0.222. The Kier molecular flexibility index (Phi) is 5.34. The van der Waals surface area contributed by atoms with Gasteiger partial charge in [-0.2, -0.15) is 18.2 Å². The number of rotatable bonds is 4. The van der Waals surface area contributed by atoms with Crippen LogP contribution in [-0.2, 0) is 6.18 Å². The van der Waals surface area contributed by atoms with Gasteiger partial charge in [-0.25, -0.2) is 4.98 Å². The zero-order chi connectivity index (χ0) is 23.9. The van der Waals surface area contributed by atoms with E-state index in [1.54, 1.807) is 48.4 Å². The molecule has 9 nitrogen and oxygen atoms in total. The second kappa shape index (κ2) is 8.36. The van der Waals surface area contributed by atoms with E-state index in [4.69, 9.17) is 9.15 Å². The van der Waals surface area contributed by atoms with Crippen molar-refractivity contribution in [2.45, 2.75) is 6.18 Å². The van der Waals surface area contributed by atoms with E-state index < -0.39 is 12.1 Å². The minimum atomic E-state index is -4.70. The van der Waals surface area contributed by atoms with Gasteiger partial charge in [-0.15, -0.1) is 0 Å². The number of anilines is 1. The molecule has 1 saturated heterocycles. The van der Waals surface area contributed by atoms with E-state index in [1.165, 1.54) is 6.20 Å². The summed E-state index contributed by atoms with van der Waals surface area (Å²) in [4.78, 5) is 24.3. The number of nitrogens with zero attached hydrogens (tertiary/aromatic N) is 5. The second-order valence-corrected chi connectivity index (χ2v) is 7.62. The van der Waals surface area contributed by atoms with Crippen LogP contribution in [-0.4, -0.2) is 59.2 Å². The molecule has 0 unspecified atom stereocenters. The summed E-state index contributed by atoms with van der Waals surface area (Å²) in [6.45, 7) is 1.99. The number of hydrogen-bond donors (Lipinski definition) is 0. The average molecular weight is 473 g/mol. The highest BCUT2D eigenvalue weighted by Gasteiger charge is 2.38. The molecular weight excluding hydrogens is 455 g/mol. The van der Waals surface area contributed by atoms with Crippen molar-refractivity contribution >= 4 is 22.7 Å². The first-order valence-corrected chi connectivity index (χ1v) is 10.3. The fourth-order valence-electron chi connectivity index (χ4n) is 3.71. The van der Waals surface area contributed by atoms with Gasteiger partial charge >= 0.3 is 12.1 Å². The summed E-state index contributed by atoms with van der Waals surface area (Å²) in [6.07, 6.45) is -3.31. The molecule has 176 valence electrons. The maximum absolute atomic E-state index is 12.9. The monoisotopic (exact) mass is 473 g/mol. The number of pyridine rings is 1. The summed E-state index contributed by atoms with van der Waals surface area (Å²) >= 11 is 0. The zero-order valence-electron chi connectivity index (χ0n) is 17.9. The van der Waals surface area contributed by atoms with Crippen molar-refractivity contribution < 1.29 is 31.6 Å². The number of methoxy groups -OCH3 is 1. The maximum Gasteiger partial charge on any atom is 0.471 e. The molecule has 0 atom stereocenters. The average Bonchev–Trinajstić information content (AvgIpc) is 3.51. The van der Waals surface area contributed by atoms with Gasteiger partial charge in [-0.05, 0) is 36.4 Å². The van der Waals surface area contributed by atoms with Crippen molar-refractivity contribution in [2.24, 2.45) is 0 Å². The Morgan fingerprint density at radius 1 is 1.09 bits per heavy atom. The van der Waals surface area contributed by atoms with E-state index in [1.807, 2.05) is 4.90 Å². The van der Waals surface area contributed by atoms with Gasteiger partial charge in [0.05, 0.1) is 7.11 Å². The molecule has 34 heavy (non-hydrogen) atoms. The zero-order valence-corrected chi connectivity index (χ0v) is 17.9. The number of carbonyl (C=O) groups is 1. The number of halogens is 3.